The van der Waals surface area contributed by atoms with E-state index in [0.717, 1.165) is 71.3 Å². The van der Waals surface area contributed by atoms with Crippen LogP contribution >= 0.6 is 15.9 Å². The summed E-state index contributed by atoms with van der Waals surface area (Å²) >= 11 is 3.58. The number of aromatic nitrogens is 2. The van der Waals surface area contributed by atoms with Crippen molar-refractivity contribution >= 4 is 38.5 Å². The number of fused-ring (bicyclic) bond motifs is 1. The Morgan fingerprint density at radius 3 is 2.84 bits per heavy atom. The lowest BCUT2D eigenvalue weighted by Crippen LogP contribution is -2.45. The number of aromatic amines is 1. The van der Waals surface area contributed by atoms with Crippen LogP contribution in [0.1, 0.15) is 16.8 Å². The van der Waals surface area contributed by atoms with Crippen molar-refractivity contribution in [3.8, 4) is 11.8 Å². The molecule has 1 N–H and O–H groups in total. The lowest BCUT2D eigenvalue weighted by atomic mass is 9.99. The lowest BCUT2D eigenvalue weighted by Gasteiger charge is -2.32. The average molecular weight is 480 g/mol. The van der Waals surface area contributed by atoms with Crippen LogP contribution in [0.3, 0.4) is 0 Å². The number of likely N-dealkylation sites (N-methyl/N-ethyl adjacent to an activating group) is 1. The SMILES string of the molecule is COc1ccncc1/C=C(\C#N)c1c(CCN2CCN(C)CC2)[nH]c2ccc(Br)cc12. The van der Waals surface area contributed by atoms with E-state index < -0.39 is 0 Å². The van der Waals surface area contributed by atoms with E-state index in [1.165, 1.54) is 0 Å². The lowest BCUT2D eigenvalue weighted by molar-refractivity contribution is 0.155. The van der Waals surface area contributed by atoms with Gasteiger partial charge in [-0.15, -0.1) is 0 Å². The number of hydrogen-bond acceptors (Lipinski definition) is 5. The number of pyridine rings is 1. The number of hydrogen-bond donors (Lipinski definition) is 1. The van der Waals surface area contributed by atoms with Gasteiger partial charge in [0, 0.05) is 83.7 Å². The molecular weight excluding hydrogens is 454 g/mol. The van der Waals surface area contributed by atoms with Crippen molar-refractivity contribution in [2.75, 3.05) is 46.9 Å². The molecule has 0 aliphatic carbocycles. The number of halogens is 1. The van der Waals surface area contributed by atoms with Gasteiger partial charge in [0.2, 0.25) is 0 Å². The highest BCUT2D eigenvalue weighted by molar-refractivity contribution is 9.10. The molecule has 2 aromatic heterocycles. The largest absolute Gasteiger partial charge is 0.496 e. The minimum absolute atomic E-state index is 0.601. The molecule has 0 amide bonds. The molecule has 0 atom stereocenters. The summed E-state index contributed by atoms with van der Waals surface area (Å²) in [5, 5.41) is 11.1. The van der Waals surface area contributed by atoms with Crippen molar-refractivity contribution in [3.63, 3.8) is 0 Å². The van der Waals surface area contributed by atoms with Crippen LogP contribution in [0.2, 0.25) is 0 Å². The first-order valence-electron chi connectivity index (χ1n) is 10.4. The first kappa shape index (κ1) is 21.6. The van der Waals surface area contributed by atoms with Gasteiger partial charge in [-0.05, 0) is 37.4 Å². The molecule has 4 rings (SSSR count). The van der Waals surface area contributed by atoms with E-state index in [-0.39, 0.29) is 0 Å². The predicted molar refractivity (Wildman–Crippen MR) is 128 cm³/mol. The number of nitriles is 1. The summed E-state index contributed by atoms with van der Waals surface area (Å²) in [7, 11) is 3.80. The number of allylic oxidation sites excluding steroid dienone is 1. The third kappa shape index (κ3) is 4.82. The maximum absolute atomic E-state index is 10.1. The number of ether oxygens (including phenoxy) is 1. The summed E-state index contributed by atoms with van der Waals surface area (Å²) in [5.41, 5.74) is 4.47. The van der Waals surface area contributed by atoms with E-state index in [2.05, 4.69) is 60.9 Å². The molecule has 3 heterocycles. The Bertz CT molecular complexity index is 1140. The van der Waals surface area contributed by atoms with E-state index in [4.69, 9.17) is 4.74 Å². The van der Waals surface area contributed by atoms with E-state index in [1.54, 1.807) is 25.6 Å². The fourth-order valence-electron chi connectivity index (χ4n) is 4.06. The minimum atomic E-state index is 0.601. The van der Waals surface area contributed by atoms with Gasteiger partial charge in [0.15, 0.2) is 0 Å². The number of nitrogens with one attached hydrogen (secondary N) is 1. The highest BCUT2D eigenvalue weighted by Gasteiger charge is 2.19. The van der Waals surface area contributed by atoms with Crippen molar-refractivity contribution in [3.05, 3.63) is 58.0 Å². The van der Waals surface area contributed by atoms with Crippen molar-refractivity contribution < 1.29 is 4.74 Å². The monoisotopic (exact) mass is 479 g/mol. The zero-order chi connectivity index (χ0) is 21.8. The normalized spacial score (nSPS) is 15.9. The summed E-state index contributed by atoms with van der Waals surface area (Å²) in [4.78, 5) is 12.6. The summed E-state index contributed by atoms with van der Waals surface area (Å²) in [5.74, 6) is 0.697. The number of methoxy groups -OCH3 is 1. The van der Waals surface area contributed by atoms with Crippen LogP contribution in [-0.4, -0.2) is 66.6 Å². The third-order valence-corrected chi connectivity index (χ3v) is 6.33. The van der Waals surface area contributed by atoms with E-state index in [9.17, 15) is 5.26 Å². The zero-order valence-corrected chi connectivity index (χ0v) is 19.4. The molecule has 160 valence electrons. The number of H-pyrrole nitrogens is 1. The second-order valence-electron chi connectivity index (χ2n) is 7.85. The summed E-state index contributed by atoms with van der Waals surface area (Å²) < 4.78 is 6.45. The molecule has 1 saturated heterocycles. The highest BCUT2D eigenvalue weighted by Crippen LogP contribution is 2.33. The van der Waals surface area contributed by atoms with E-state index >= 15 is 0 Å². The van der Waals surface area contributed by atoms with Crippen molar-refractivity contribution in [1.82, 2.24) is 19.8 Å². The van der Waals surface area contributed by atoms with Gasteiger partial charge in [0.1, 0.15) is 5.75 Å². The Kier molecular flexibility index (Phi) is 6.71. The van der Waals surface area contributed by atoms with Gasteiger partial charge in [-0.2, -0.15) is 5.26 Å². The van der Waals surface area contributed by atoms with Crippen molar-refractivity contribution in [2.24, 2.45) is 0 Å². The fraction of sp³-hybridized carbons (Fsp3) is 0.333. The molecule has 1 aromatic carbocycles. The van der Waals surface area contributed by atoms with Crippen LogP contribution in [0.4, 0.5) is 0 Å². The molecule has 0 radical (unpaired) electrons. The van der Waals surface area contributed by atoms with Crippen LogP contribution in [0.5, 0.6) is 5.75 Å². The standard InChI is InChI=1S/C24H26BrN5O/c1-29-9-11-30(12-10-29)8-6-22-24(20-14-19(25)3-4-21(20)28-22)17(15-26)13-18-16-27-7-5-23(18)31-2/h3-5,7,13-14,16,28H,6,8-12H2,1-2H3/b17-13+. The summed E-state index contributed by atoms with van der Waals surface area (Å²) in [6, 6.07) is 10.4. The first-order chi connectivity index (χ1) is 15.1. The van der Waals surface area contributed by atoms with Gasteiger partial charge in [-0.25, -0.2) is 0 Å². The van der Waals surface area contributed by atoms with Gasteiger partial charge in [0.25, 0.3) is 0 Å². The number of nitrogens with zero attached hydrogens (tertiary/aromatic N) is 4. The molecule has 1 aliphatic rings. The number of rotatable bonds is 6. The van der Waals surface area contributed by atoms with E-state index in [1.807, 2.05) is 12.1 Å². The van der Waals surface area contributed by atoms with Crippen LogP contribution in [0, 0.1) is 11.3 Å². The Morgan fingerprint density at radius 1 is 1.29 bits per heavy atom. The summed E-state index contributed by atoms with van der Waals surface area (Å²) in [6.07, 6.45) is 6.14. The maximum atomic E-state index is 10.1. The number of benzene rings is 1. The fourth-order valence-corrected chi connectivity index (χ4v) is 4.42. The van der Waals surface area contributed by atoms with Gasteiger partial charge in [0.05, 0.1) is 18.8 Å². The van der Waals surface area contributed by atoms with Gasteiger partial charge in [-0.3, -0.25) is 4.98 Å². The van der Waals surface area contributed by atoms with Gasteiger partial charge < -0.3 is 19.5 Å². The van der Waals surface area contributed by atoms with Crippen LogP contribution < -0.4 is 4.74 Å². The van der Waals surface area contributed by atoms with Crippen molar-refractivity contribution in [2.45, 2.75) is 6.42 Å². The Hall–Kier alpha value is -2.66. The number of piperazine rings is 1. The quantitative estimate of drug-likeness (QED) is 0.536. The predicted octanol–water partition coefficient (Wildman–Crippen LogP) is 4.19. The zero-order valence-electron chi connectivity index (χ0n) is 17.9. The molecule has 7 heteroatoms. The first-order valence-corrected chi connectivity index (χ1v) is 11.2. The highest BCUT2D eigenvalue weighted by atomic mass is 79.9. The second-order valence-corrected chi connectivity index (χ2v) is 8.77. The molecule has 31 heavy (non-hydrogen) atoms. The second kappa shape index (κ2) is 9.65. The molecular formula is C24H26BrN5O. The Morgan fingerprint density at radius 2 is 2.10 bits per heavy atom. The van der Waals surface area contributed by atoms with Gasteiger partial charge >= 0.3 is 0 Å². The Balaban J connectivity index is 1.73. The van der Waals surface area contributed by atoms with Crippen molar-refractivity contribution in [1.29, 1.82) is 5.26 Å². The molecule has 1 aliphatic heterocycles. The topological polar surface area (TPSA) is 68.2 Å². The summed E-state index contributed by atoms with van der Waals surface area (Å²) in [6.45, 7) is 5.30. The molecule has 0 unspecified atom stereocenters. The molecule has 1 fully saturated rings. The third-order valence-electron chi connectivity index (χ3n) is 5.83. The molecule has 0 spiro atoms. The molecule has 0 saturated carbocycles. The van der Waals surface area contributed by atoms with Crippen LogP contribution in [-0.2, 0) is 6.42 Å². The van der Waals surface area contributed by atoms with Crippen LogP contribution in [0.15, 0.2) is 41.1 Å². The smallest absolute Gasteiger partial charge is 0.129 e. The molecule has 3 aromatic rings. The minimum Gasteiger partial charge on any atom is -0.496 e. The maximum Gasteiger partial charge on any atom is 0.129 e. The van der Waals surface area contributed by atoms with Crippen LogP contribution in [0.25, 0.3) is 22.6 Å². The molecule has 6 nitrogen and oxygen atoms in total. The van der Waals surface area contributed by atoms with E-state index in [0.29, 0.717) is 11.3 Å². The molecule has 0 bridgehead atoms. The van der Waals surface area contributed by atoms with Gasteiger partial charge in [-0.1, -0.05) is 15.9 Å². The Labute approximate surface area is 191 Å². The average Bonchev–Trinajstić information content (AvgIpc) is 3.14.